The molecule has 1 fully saturated rings. The Morgan fingerprint density at radius 3 is 2.47 bits per heavy atom. The van der Waals surface area contributed by atoms with E-state index in [0.717, 1.165) is 17.9 Å². The predicted octanol–water partition coefficient (Wildman–Crippen LogP) is 3.20. The van der Waals surface area contributed by atoms with Crippen molar-refractivity contribution in [2.45, 2.75) is 58.0 Å². The van der Waals surface area contributed by atoms with Crippen LogP contribution in [0, 0.1) is 5.92 Å². The summed E-state index contributed by atoms with van der Waals surface area (Å²) >= 11 is 0. The maximum atomic E-state index is 9.49. The van der Waals surface area contributed by atoms with Crippen molar-refractivity contribution in [1.82, 2.24) is 5.32 Å². The van der Waals surface area contributed by atoms with Crippen LogP contribution in [0.25, 0.3) is 0 Å². The minimum Gasteiger partial charge on any atom is -0.504 e. The van der Waals surface area contributed by atoms with Crippen LogP contribution in [0.1, 0.15) is 45.1 Å². The highest BCUT2D eigenvalue weighted by atomic mass is 16.3. The van der Waals surface area contributed by atoms with Gasteiger partial charge in [0, 0.05) is 12.1 Å². The number of phenols is 2. The lowest BCUT2D eigenvalue weighted by Crippen LogP contribution is -2.39. The summed E-state index contributed by atoms with van der Waals surface area (Å²) in [6.07, 6.45) is 6.06. The first-order valence-electron chi connectivity index (χ1n) is 7.31. The van der Waals surface area contributed by atoms with Crippen molar-refractivity contribution in [3.8, 4) is 11.5 Å². The predicted molar refractivity (Wildman–Crippen MR) is 77.5 cm³/mol. The Morgan fingerprint density at radius 1 is 1.16 bits per heavy atom. The Balaban J connectivity index is 1.83. The molecule has 19 heavy (non-hydrogen) atoms. The fourth-order valence-corrected chi connectivity index (χ4v) is 2.94. The van der Waals surface area contributed by atoms with Crippen LogP contribution < -0.4 is 5.32 Å². The number of phenolic OH excluding ortho intramolecular Hbond substituents is 2. The summed E-state index contributed by atoms with van der Waals surface area (Å²) in [7, 11) is 0. The number of rotatable bonds is 4. The minimum absolute atomic E-state index is 0.0313. The lowest BCUT2D eigenvalue weighted by molar-refractivity contribution is 0.290. The molecule has 0 spiro atoms. The van der Waals surface area contributed by atoms with Gasteiger partial charge < -0.3 is 15.5 Å². The Kier molecular flexibility index (Phi) is 4.70. The van der Waals surface area contributed by atoms with Crippen LogP contribution in [0.4, 0.5) is 0 Å². The Morgan fingerprint density at radius 2 is 1.84 bits per heavy atom. The van der Waals surface area contributed by atoms with Gasteiger partial charge in [0.05, 0.1) is 0 Å². The highest BCUT2D eigenvalue weighted by Crippen LogP contribution is 2.26. The maximum absolute atomic E-state index is 9.49. The van der Waals surface area contributed by atoms with Gasteiger partial charge in [0.1, 0.15) is 0 Å². The Labute approximate surface area is 115 Å². The average Bonchev–Trinajstić information content (AvgIpc) is 2.37. The van der Waals surface area contributed by atoms with Crippen LogP contribution in [0.3, 0.4) is 0 Å². The van der Waals surface area contributed by atoms with Gasteiger partial charge in [-0.05, 0) is 62.6 Å². The molecule has 1 aromatic rings. The summed E-state index contributed by atoms with van der Waals surface area (Å²) in [4.78, 5) is 0. The lowest BCUT2D eigenvalue weighted by Gasteiger charge is -2.29. The van der Waals surface area contributed by atoms with E-state index in [0.29, 0.717) is 12.1 Å². The maximum Gasteiger partial charge on any atom is 0.157 e. The van der Waals surface area contributed by atoms with E-state index in [1.807, 2.05) is 6.07 Å². The SMILES string of the molecule is CC1CCC(N[C@H](C)Cc2ccc(O)c(O)c2)CC1. The van der Waals surface area contributed by atoms with Gasteiger partial charge in [0.2, 0.25) is 0 Å². The van der Waals surface area contributed by atoms with Gasteiger partial charge in [-0.15, -0.1) is 0 Å². The van der Waals surface area contributed by atoms with Gasteiger partial charge in [-0.3, -0.25) is 0 Å². The smallest absolute Gasteiger partial charge is 0.157 e. The van der Waals surface area contributed by atoms with Crippen molar-refractivity contribution in [2.24, 2.45) is 5.92 Å². The molecule has 1 aromatic carbocycles. The zero-order valence-corrected chi connectivity index (χ0v) is 11.9. The summed E-state index contributed by atoms with van der Waals surface area (Å²) in [5.74, 6) is 0.796. The molecule has 3 heteroatoms. The van der Waals surface area contributed by atoms with Crippen molar-refractivity contribution < 1.29 is 10.2 Å². The molecule has 0 bridgehead atoms. The number of hydrogen-bond acceptors (Lipinski definition) is 3. The fraction of sp³-hybridized carbons (Fsp3) is 0.625. The largest absolute Gasteiger partial charge is 0.504 e. The highest BCUT2D eigenvalue weighted by Gasteiger charge is 2.19. The van der Waals surface area contributed by atoms with Crippen molar-refractivity contribution in [3.63, 3.8) is 0 Å². The molecule has 0 radical (unpaired) electrons. The van der Waals surface area contributed by atoms with E-state index in [4.69, 9.17) is 0 Å². The molecule has 0 heterocycles. The quantitative estimate of drug-likeness (QED) is 0.731. The van der Waals surface area contributed by atoms with E-state index in [2.05, 4.69) is 19.2 Å². The molecule has 1 aliphatic carbocycles. The van der Waals surface area contributed by atoms with Gasteiger partial charge in [0.15, 0.2) is 11.5 Å². The van der Waals surface area contributed by atoms with Gasteiger partial charge in [-0.25, -0.2) is 0 Å². The molecule has 2 rings (SSSR count). The first-order chi connectivity index (χ1) is 9.04. The monoisotopic (exact) mass is 263 g/mol. The molecule has 3 nitrogen and oxygen atoms in total. The number of hydrogen-bond donors (Lipinski definition) is 3. The molecule has 0 aromatic heterocycles. The van der Waals surface area contributed by atoms with Crippen LogP contribution in [-0.2, 0) is 6.42 Å². The van der Waals surface area contributed by atoms with E-state index in [1.54, 1.807) is 12.1 Å². The summed E-state index contributed by atoms with van der Waals surface area (Å²) in [6, 6.07) is 6.10. The van der Waals surface area contributed by atoms with Gasteiger partial charge in [-0.2, -0.15) is 0 Å². The van der Waals surface area contributed by atoms with Crippen LogP contribution >= 0.6 is 0 Å². The van der Waals surface area contributed by atoms with Crippen LogP contribution in [0.15, 0.2) is 18.2 Å². The third-order valence-corrected chi connectivity index (χ3v) is 4.12. The van der Waals surface area contributed by atoms with Gasteiger partial charge in [0.25, 0.3) is 0 Å². The summed E-state index contributed by atoms with van der Waals surface area (Å²) in [6.45, 7) is 4.51. The summed E-state index contributed by atoms with van der Waals surface area (Å²) in [5, 5.41) is 22.5. The van der Waals surface area contributed by atoms with E-state index < -0.39 is 0 Å². The van der Waals surface area contributed by atoms with Crippen molar-refractivity contribution >= 4 is 0 Å². The Hall–Kier alpha value is -1.22. The minimum atomic E-state index is -0.0503. The zero-order valence-electron chi connectivity index (χ0n) is 11.9. The highest BCUT2D eigenvalue weighted by molar-refractivity contribution is 5.40. The first kappa shape index (κ1) is 14.2. The van der Waals surface area contributed by atoms with E-state index in [9.17, 15) is 10.2 Å². The normalized spacial score (nSPS) is 25.2. The van der Waals surface area contributed by atoms with Crippen molar-refractivity contribution in [3.05, 3.63) is 23.8 Å². The summed E-state index contributed by atoms with van der Waals surface area (Å²) < 4.78 is 0. The molecule has 0 aliphatic heterocycles. The van der Waals surface area contributed by atoms with Gasteiger partial charge >= 0.3 is 0 Å². The molecule has 0 saturated heterocycles. The number of aromatic hydroxyl groups is 2. The average molecular weight is 263 g/mol. The molecule has 1 saturated carbocycles. The number of benzene rings is 1. The van der Waals surface area contributed by atoms with Gasteiger partial charge in [-0.1, -0.05) is 13.0 Å². The first-order valence-corrected chi connectivity index (χ1v) is 7.31. The van der Waals surface area contributed by atoms with Crippen molar-refractivity contribution in [2.75, 3.05) is 0 Å². The van der Waals surface area contributed by atoms with Crippen LogP contribution in [0.2, 0.25) is 0 Å². The van der Waals surface area contributed by atoms with E-state index in [1.165, 1.54) is 25.7 Å². The topological polar surface area (TPSA) is 52.5 Å². The van der Waals surface area contributed by atoms with E-state index >= 15 is 0 Å². The molecular formula is C16H25NO2. The second kappa shape index (κ2) is 6.29. The second-order valence-electron chi connectivity index (χ2n) is 6.05. The van der Waals surface area contributed by atoms with Crippen LogP contribution in [0.5, 0.6) is 11.5 Å². The molecule has 106 valence electrons. The van der Waals surface area contributed by atoms with E-state index in [-0.39, 0.29) is 11.5 Å². The molecule has 1 atom stereocenters. The summed E-state index contributed by atoms with van der Waals surface area (Å²) in [5.41, 5.74) is 1.06. The third kappa shape index (κ3) is 4.13. The third-order valence-electron chi connectivity index (χ3n) is 4.12. The molecule has 3 N–H and O–H groups in total. The zero-order chi connectivity index (χ0) is 13.8. The lowest BCUT2D eigenvalue weighted by atomic mass is 9.87. The molecule has 0 unspecified atom stereocenters. The number of nitrogens with one attached hydrogen (secondary N) is 1. The van der Waals surface area contributed by atoms with Crippen molar-refractivity contribution in [1.29, 1.82) is 0 Å². The Bertz CT molecular complexity index is 411. The fourth-order valence-electron chi connectivity index (χ4n) is 2.94. The molecule has 1 aliphatic rings. The molecular weight excluding hydrogens is 238 g/mol. The molecule has 0 amide bonds. The second-order valence-corrected chi connectivity index (χ2v) is 6.05. The standard InChI is InChI=1S/C16H25NO2/c1-11-3-6-14(7-4-11)17-12(2)9-13-5-8-15(18)16(19)10-13/h5,8,10-12,14,17-19H,3-4,6-7,9H2,1-2H3/t11?,12-,14?/m1/s1. The van der Waals surface area contributed by atoms with Crippen LogP contribution in [-0.4, -0.2) is 22.3 Å².